The number of rotatable bonds is 6. The van der Waals surface area contributed by atoms with Crippen LogP contribution >= 0.6 is 0 Å². The van der Waals surface area contributed by atoms with Gasteiger partial charge in [-0.2, -0.15) is 0 Å². The zero-order valence-electron chi connectivity index (χ0n) is 14.4. The molecule has 0 aliphatic heterocycles. The molecule has 3 rings (SSSR count). The fourth-order valence-electron chi connectivity index (χ4n) is 2.85. The van der Waals surface area contributed by atoms with Crippen LogP contribution in [0.15, 0.2) is 24.7 Å². The topological polar surface area (TPSA) is 91.4 Å². The Balaban J connectivity index is 2.20. The van der Waals surface area contributed by atoms with Gasteiger partial charge in [-0.25, -0.2) is 14.8 Å². The number of aryl methyl sites for hydroxylation is 1. The predicted molar refractivity (Wildman–Crippen MR) is 90.6 cm³/mol. The maximum absolute atomic E-state index is 12.0. The van der Waals surface area contributed by atoms with E-state index in [4.69, 9.17) is 9.47 Å². The molecule has 8 nitrogen and oxygen atoms in total. The number of hydrogen-bond donors (Lipinski definition) is 1. The number of imidazole rings is 2. The number of hydrogen-bond acceptors (Lipinski definition) is 6. The number of nitrogens with zero attached hydrogens (tertiary/aromatic N) is 4. The molecule has 0 unspecified atom stereocenters. The monoisotopic (exact) mass is 344 g/mol. The molecular formula is C17H20N4O4. The first-order valence-electron chi connectivity index (χ1n) is 7.88. The van der Waals surface area contributed by atoms with E-state index in [1.165, 1.54) is 14.2 Å². The average molecular weight is 344 g/mol. The van der Waals surface area contributed by atoms with E-state index < -0.39 is 5.97 Å². The average Bonchev–Trinajstić information content (AvgIpc) is 3.24. The van der Waals surface area contributed by atoms with Crippen LogP contribution in [0.5, 0.6) is 5.75 Å². The standard InChI is InChI=1S/C17H20N4O4/c1-4-20-10-18-7-12(20)8-21-13-5-11(17(23)25-3)6-14(24-2)16(13)19-15(21)9-22/h5-7,10,22H,4,8-9H2,1-3H3. The molecule has 0 radical (unpaired) electrons. The first kappa shape index (κ1) is 17.0. The summed E-state index contributed by atoms with van der Waals surface area (Å²) in [4.78, 5) is 20.6. The van der Waals surface area contributed by atoms with Crippen LogP contribution in [0.25, 0.3) is 11.0 Å². The molecule has 8 heteroatoms. The van der Waals surface area contributed by atoms with Crippen molar-refractivity contribution in [2.75, 3.05) is 14.2 Å². The molecule has 0 fully saturated rings. The Morgan fingerprint density at radius 3 is 2.76 bits per heavy atom. The second-order valence-corrected chi connectivity index (χ2v) is 5.48. The molecule has 0 spiro atoms. The number of esters is 1. The van der Waals surface area contributed by atoms with Crippen LogP contribution in [0.1, 0.15) is 28.8 Å². The van der Waals surface area contributed by atoms with Gasteiger partial charge in [0.05, 0.1) is 43.9 Å². The van der Waals surface area contributed by atoms with Crippen molar-refractivity contribution in [3.8, 4) is 5.75 Å². The highest BCUT2D eigenvalue weighted by Crippen LogP contribution is 2.29. The van der Waals surface area contributed by atoms with Crippen molar-refractivity contribution in [1.82, 2.24) is 19.1 Å². The zero-order chi connectivity index (χ0) is 18.0. The summed E-state index contributed by atoms with van der Waals surface area (Å²) < 4.78 is 14.0. The van der Waals surface area contributed by atoms with Crippen molar-refractivity contribution in [2.24, 2.45) is 0 Å². The van der Waals surface area contributed by atoms with Gasteiger partial charge in [-0.1, -0.05) is 0 Å². The predicted octanol–water partition coefficient (Wildman–Crippen LogP) is 1.59. The van der Waals surface area contributed by atoms with Gasteiger partial charge in [0.25, 0.3) is 0 Å². The first-order chi connectivity index (χ1) is 12.1. The Bertz CT molecular complexity index is 913. The summed E-state index contributed by atoms with van der Waals surface area (Å²) in [7, 11) is 2.84. The van der Waals surface area contributed by atoms with Crippen molar-refractivity contribution in [3.63, 3.8) is 0 Å². The maximum atomic E-state index is 12.0. The number of benzene rings is 1. The molecule has 2 heterocycles. The number of aliphatic hydroxyl groups excluding tert-OH is 1. The number of aromatic nitrogens is 4. The van der Waals surface area contributed by atoms with Crippen molar-refractivity contribution < 1.29 is 19.4 Å². The van der Waals surface area contributed by atoms with Gasteiger partial charge in [-0.15, -0.1) is 0 Å². The smallest absolute Gasteiger partial charge is 0.338 e. The van der Waals surface area contributed by atoms with Gasteiger partial charge < -0.3 is 23.7 Å². The first-order valence-corrected chi connectivity index (χ1v) is 7.88. The SMILES string of the molecule is CCn1cncc1Cn1c(CO)nc2c(OC)cc(C(=O)OC)cc21. The largest absolute Gasteiger partial charge is 0.494 e. The van der Waals surface area contributed by atoms with Gasteiger partial charge in [-0.3, -0.25) is 0 Å². The number of ether oxygens (including phenoxy) is 2. The highest BCUT2D eigenvalue weighted by Gasteiger charge is 2.19. The molecule has 0 saturated heterocycles. The Labute approximate surface area is 144 Å². The number of carbonyl (C=O) groups excluding carboxylic acids is 1. The lowest BCUT2D eigenvalue weighted by Gasteiger charge is -2.11. The van der Waals surface area contributed by atoms with Gasteiger partial charge >= 0.3 is 5.97 Å². The molecule has 1 aromatic carbocycles. The van der Waals surface area contributed by atoms with Gasteiger partial charge in [0.2, 0.25) is 0 Å². The van der Waals surface area contributed by atoms with E-state index in [0.717, 1.165) is 12.2 Å². The zero-order valence-corrected chi connectivity index (χ0v) is 14.4. The molecule has 0 bridgehead atoms. The van der Waals surface area contributed by atoms with Crippen molar-refractivity contribution in [2.45, 2.75) is 26.6 Å². The second-order valence-electron chi connectivity index (χ2n) is 5.48. The number of aliphatic hydroxyl groups is 1. The summed E-state index contributed by atoms with van der Waals surface area (Å²) in [6, 6.07) is 3.28. The molecular weight excluding hydrogens is 324 g/mol. The Morgan fingerprint density at radius 2 is 2.12 bits per heavy atom. The maximum Gasteiger partial charge on any atom is 0.338 e. The number of fused-ring (bicyclic) bond motifs is 1. The van der Waals surface area contributed by atoms with Gasteiger partial charge in [0.15, 0.2) is 0 Å². The Morgan fingerprint density at radius 1 is 1.32 bits per heavy atom. The molecule has 0 saturated carbocycles. The summed E-state index contributed by atoms with van der Waals surface area (Å²) in [6.45, 7) is 3.05. The van der Waals surface area contributed by atoms with Crippen molar-refractivity contribution in [1.29, 1.82) is 0 Å². The Hall–Kier alpha value is -2.87. The van der Waals surface area contributed by atoms with Crippen LogP contribution in [0.3, 0.4) is 0 Å². The lowest BCUT2D eigenvalue weighted by molar-refractivity contribution is 0.0600. The van der Waals surface area contributed by atoms with E-state index in [2.05, 4.69) is 9.97 Å². The summed E-state index contributed by atoms with van der Waals surface area (Å²) in [5.74, 6) is 0.478. The normalized spacial score (nSPS) is 11.0. The molecule has 132 valence electrons. The van der Waals surface area contributed by atoms with E-state index in [0.29, 0.717) is 34.7 Å². The highest BCUT2D eigenvalue weighted by molar-refractivity contribution is 5.96. The number of carbonyl (C=O) groups is 1. The summed E-state index contributed by atoms with van der Waals surface area (Å²) >= 11 is 0. The quantitative estimate of drug-likeness (QED) is 0.683. The molecule has 0 atom stereocenters. The number of methoxy groups -OCH3 is 2. The van der Waals surface area contributed by atoms with E-state index in [-0.39, 0.29) is 6.61 Å². The fraction of sp³-hybridized carbons (Fsp3) is 0.353. The van der Waals surface area contributed by atoms with Gasteiger partial charge in [-0.05, 0) is 19.1 Å². The molecule has 25 heavy (non-hydrogen) atoms. The van der Waals surface area contributed by atoms with E-state index in [9.17, 15) is 9.90 Å². The van der Waals surface area contributed by atoms with E-state index in [1.807, 2.05) is 16.1 Å². The highest BCUT2D eigenvalue weighted by atomic mass is 16.5. The molecule has 3 aromatic rings. The van der Waals surface area contributed by atoms with Gasteiger partial charge in [0, 0.05) is 12.7 Å². The molecule has 0 aliphatic carbocycles. The third-order valence-electron chi connectivity index (χ3n) is 4.14. The van der Waals surface area contributed by atoms with Crippen LogP contribution in [-0.2, 0) is 24.4 Å². The lowest BCUT2D eigenvalue weighted by Crippen LogP contribution is -2.10. The van der Waals surface area contributed by atoms with Gasteiger partial charge in [0.1, 0.15) is 23.7 Å². The Kier molecular flexibility index (Phi) is 4.71. The van der Waals surface area contributed by atoms with E-state index in [1.54, 1.807) is 24.7 Å². The van der Waals surface area contributed by atoms with Crippen molar-refractivity contribution in [3.05, 3.63) is 41.7 Å². The minimum Gasteiger partial charge on any atom is -0.494 e. The molecule has 0 aliphatic rings. The molecule has 2 aromatic heterocycles. The molecule has 1 N–H and O–H groups in total. The van der Waals surface area contributed by atoms with E-state index >= 15 is 0 Å². The lowest BCUT2D eigenvalue weighted by atomic mass is 10.2. The van der Waals surface area contributed by atoms with Crippen LogP contribution in [0.4, 0.5) is 0 Å². The summed E-state index contributed by atoms with van der Waals surface area (Å²) in [5.41, 5.74) is 2.61. The fourth-order valence-corrected chi connectivity index (χ4v) is 2.85. The van der Waals surface area contributed by atoms with Crippen LogP contribution < -0.4 is 4.74 Å². The minimum atomic E-state index is -0.461. The third kappa shape index (κ3) is 2.96. The van der Waals surface area contributed by atoms with Crippen molar-refractivity contribution >= 4 is 17.0 Å². The summed E-state index contributed by atoms with van der Waals surface area (Å²) in [6.07, 6.45) is 3.53. The minimum absolute atomic E-state index is 0.231. The third-order valence-corrected chi connectivity index (χ3v) is 4.14. The summed E-state index contributed by atoms with van der Waals surface area (Å²) in [5, 5.41) is 9.72. The van der Waals surface area contributed by atoms with Crippen LogP contribution in [0, 0.1) is 0 Å². The van der Waals surface area contributed by atoms with Crippen LogP contribution in [0.2, 0.25) is 0 Å². The van der Waals surface area contributed by atoms with Crippen LogP contribution in [-0.4, -0.2) is 44.4 Å². The second kappa shape index (κ2) is 6.94. The molecule has 0 amide bonds.